The number of ether oxygens (including phenoxy) is 1. The fourth-order valence-electron chi connectivity index (χ4n) is 3.01. The number of hydrogen-bond donors (Lipinski definition) is 0. The number of anilines is 1. The van der Waals surface area contributed by atoms with Gasteiger partial charge in [-0.3, -0.25) is 14.9 Å². The van der Waals surface area contributed by atoms with Crippen LogP contribution in [0.3, 0.4) is 0 Å². The minimum absolute atomic E-state index is 0.0192. The fourth-order valence-corrected chi connectivity index (χ4v) is 3.01. The van der Waals surface area contributed by atoms with Crippen LogP contribution in [0.15, 0.2) is 42.7 Å². The highest BCUT2D eigenvalue weighted by atomic mass is 16.6. The third-order valence-electron chi connectivity index (χ3n) is 4.43. The van der Waals surface area contributed by atoms with Gasteiger partial charge in [0, 0.05) is 61.7 Å². The molecule has 1 saturated heterocycles. The Balaban J connectivity index is 1.77. The quantitative estimate of drug-likeness (QED) is 0.453. The van der Waals surface area contributed by atoms with Crippen molar-refractivity contribution in [3.8, 4) is 0 Å². The second-order valence-electron chi connectivity index (χ2n) is 6.05. The molecule has 0 atom stereocenters. The summed E-state index contributed by atoms with van der Waals surface area (Å²) in [5.41, 5.74) is 0.825. The number of aromatic amines is 1. The molecule has 2 heterocycles. The van der Waals surface area contributed by atoms with Crippen LogP contribution in [-0.2, 0) is 4.74 Å². The number of aromatic nitrogens is 1. The van der Waals surface area contributed by atoms with E-state index in [9.17, 15) is 19.7 Å². The molecule has 0 spiro atoms. The first-order valence-corrected chi connectivity index (χ1v) is 8.37. The molecular formula is C18H19N4O5+. The molecule has 0 radical (unpaired) electrons. The summed E-state index contributed by atoms with van der Waals surface area (Å²) in [7, 11) is 1.18. The summed E-state index contributed by atoms with van der Waals surface area (Å²) in [6.07, 6.45) is 3.68. The summed E-state index contributed by atoms with van der Waals surface area (Å²) >= 11 is 0. The van der Waals surface area contributed by atoms with Gasteiger partial charge in [-0.2, -0.15) is 0 Å². The number of amides is 1. The van der Waals surface area contributed by atoms with Crippen molar-refractivity contribution in [1.29, 1.82) is 0 Å². The van der Waals surface area contributed by atoms with Crippen molar-refractivity contribution >= 4 is 23.3 Å². The predicted octanol–water partition coefficient (Wildman–Crippen LogP) is 1.16. The average molecular weight is 371 g/mol. The molecule has 27 heavy (non-hydrogen) atoms. The number of nitro benzene ring substituents is 1. The topological polar surface area (TPSA) is 107 Å². The first kappa shape index (κ1) is 18.3. The Hall–Kier alpha value is -3.49. The zero-order chi connectivity index (χ0) is 19.4. The van der Waals surface area contributed by atoms with Crippen LogP contribution < -0.4 is 9.88 Å². The Morgan fingerprint density at radius 2 is 1.70 bits per heavy atom. The van der Waals surface area contributed by atoms with Crippen LogP contribution in [-0.4, -0.2) is 55.0 Å². The highest BCUT2D eigenvalue weighted by molar-refractivity contribution is 5.99. The number of methoxy groups -OCH3 is 1. The summed E-state index contributed by atoms with van der Waals surface area (Å²) < 4.78 is 4.62. The SMILES string of the molecule is COC(=O)c1cc(C(=O)N2CCN(c3cc[nH+]cc3)CC2)cc([N+](=O)[O-])c1. The van der Waals surface area contributed by atoms with Gasteiger partial charge < -0.3 is 14.5 Å². The van der Waals surface area contributed by atoms with Crippen LogP contribution in [0.25, 0.3) is 0 Å². The van der Waals surface area contributed by atoms with Crippen molar-refractivity contribution in [3.05, 3.63) is 64.0 Å². The van der Waals surface area contributed by atoms with Crippen LogP contribution in [0.1, 0.15) is 20.7 Å². The summed E-state index contributed by atoms with van der Waals surface area (Å²) in [4.78, 5) is 41.8. The first-order chi connectivity index (χ1) is 13.0. The summed E-state index contributed by atoms with van der Waals surface area (Å²) in [5.74, 6) is -1.07. The van der Waals surface area contributed by atoms with Crippen molar-refractivity contribution in [3.63, 3.8) is 0 Å². The van der Waals surface area contributed by atoms with Gasteiger partial charge in [0.15, 0.2) is 12.4 Å². The maximum Gasteiger partial charge on any atom is 0.338 e. The molecular weight excluding hydrogens is 352 g/mol. The van der Waals surface area contributed by atoms with Crippen LogP contribution in [0.4, 0.5) is 11.4 Å². The molecule has 1 aliphatic heterocycles. The number of H-pyrrole nitrogens is 1. The lowest BCUT2D eigenvalue weighted by molar-refractivity contribution is -0.384. The molecule has 9 nitrogen and oxygen atoms in total. The fraction of sp³-hybridized carbons (Fsp3) is 0.278. The number of benzene rings is 1. The van der Waals surface area contributed by atoms with Crippen LogP contribution in [0, 0.1) is 10.1 Å². The second kappa shape index (κ2) is 7.81. The van der Waals surface area contributed by atoms with Gasteiger partial charge in [0.05, 0.1) is 17.6 Å². The zero-order valence-corrected chi connectivity index (χ0v) is 14.8. The Bertz CT molecular complexity index is 863. The number of carbonyl (C=O) groups excluding carboxylic acids is 2. The smallest absolute Gasteiger partial charge is 0.338 e. The predicted molar refractivity (Wildman–Crippen MR) is 95.6 cm³/mol. The van der Waals surface area contributed by atoms with Crippen molar-refractivity contribution in [2.75, 3.05) is 38.2 Å². The van der Waals surface area contributed by atoms with E-state index < -0.39 is 10.9 Å². The molecule has 1 aromatic carbocycles. The number of nitrogens with one attached hydrogen (secondary N) is 1. The molecule has 1 aliphatic rings. The highest BCUT2D eigenvalue weighted by Crippen LogP contribution is 2.21. The highest BCUT2D eigenvalue weighted by Gasteiger charge is 2.25. The summed E-state index contributed by atoms with van der Waals surface area (Å²) in [6, 6.07) is 7.54. The van der Waals surface area contributed by atoms with Crippen molar-refractivity contribution in [1.82, 2.24) is 4.90 Å². The lowest BCUT2D eigenvalue weighted by Gasteiger charge is -2.35. The molecule has 0 saturated carbocycles. The molecule has 1 N–H and O–H groups in total. The minimum atomic E-state index is -0.724. The normalized spacial score (nSPS) is 14.0. The number of esters is 1. The number of piperazine rings is 1. The van der Waals surface area contributed by atoms with E-state index in [2.05, 4.69) is 14.6 Å². The van der Waals surface area contributed by atoms with Gasteiger partial charge in [-0.05, 0) is 6.07 Å². The summed E-state index contributed by atoms with van der Waals surface area (Å²) in [5, 5.41) is 11.1. The van der Waals surface area contributed by atoms with Gasteiger partial charge in [0.25, 0.3) is 11.6 Å². The number of rotatable bonds is 4. The van der Waals surface area contributed by atoms with E-state index in [1.54, 1.807) is 4.90 Å². The van der Waals surface area contributed by atoms with Gasteiger partial charge >= 0.3 is 5.97 Å². The molecule has 1 aromatic heterocycles. The van der Waals surface area contributed by atoms with E-state index in [4.69, 9.17) is 0 Å². The maximum atomic E-state index is 12.8. The minimum Gasteiger partial charge on any atom is -0.465 e. The molecule has 9 heteroatoms. The lowest BCUT2D eigenvalue weighted by Crippen LogP contribution is -2.48. The number of pyridine rings is 1. The Morgan fingerprint density at radius 3 is 2.30 bits per heavy atom. The Labute approximate surface area is 155 Å². The van der Waals surface area contributed by atoms with E-state index in [1.807, 2.05) is 24.5 Å². The van der Waals surface area contributed by atoms with Gasteiger partial charge in [-0.25, -0.2) is 9.78 Å². The monoisotopic (exact) mass is 371 g/mol. The first-order valence-electron chi connectivity index (χ1n) is 8.37. The molecule has 1 fully saturated rings. The lowest BCUT2D eigenvalue weighted by atomic mass is 10.1. The van der Waals surface area contributed by atoms with Crippen LogP contribution in [0.2, 0.25) is 0 Å². The summed E-state index contributed by atoms with van der Waals surface area (Å²) in [6.45, 7) is 2.25. The Kier molecular flexibility index (Phi) is 5.30. The number of carbonyl (C=O) groups is 2. The maximum absolute atomic E-state index is 12.8. The molecule has 0 unspecified atom stereocenters. The van der Waals surface area contributed by atoms with Gasteiger partial charge in [0.2, 0.25) is 0 Å². The zero-order valence-electron chi connectivity index (χ0n) is 14.8. The third-order valence-corrected chi connectivity index (χ3v) is 4.43. The van der Waals surface area contributed by atoms with E-state index in [-0.39, 0.29) is 22.7 Å². The second-order valence-corrected chi connectivity index (χ2v) is 6.05. The van der Waals surface area contributed by atoms with Gasteiger partial charge in [-0.15, -0.1) is 0 Å². The molecule has 2 aromatic rings. The van der Waals surface area contributed by atoms with Gasteiger partial charge in [0.1, 0.15) is 0 Å². The van der Waals surface area contributed by atoms with Crippen molar-refractivity contribution < 1.29 is 24.2 Å². The molecule has 0 bridgehead atoms. The van der Waals surface area contributed by atoms with Gasteiger partial charge in [-0.1, -0.05) is 0 Å². The molecule has 3 rings (SSSR count). The van der Waals surface area contributed by atoms with Crippen molar-refractivity contribution in [2.24, 2.45) is 0 Å². The van der Waals surface area contributed by atoms with E-state index in [1.165, 1.54) is 19.2 Å². The average Bonchev–Trinajstić information content (AvgIpc) is 2.73. The largest absolute Gasteiger partial charge is 0.465 e. The molecule has 0 aliphatic carbocycles. The number of hydrogen-bond acceptors (Lipinski definition) is 6. The van der Waals surface area contributed by atoms with Crippen LogP contribution in [0.5, 0.6) is 0 Å². The Morgan fingerprint density at radius 1 is 1.07 bits per heavy atom. The standard InChI is InChI=1S/C18H18N4O5/c1-27-18(24)14-10-13(11-16(12-14)22(25)26)17(23)21-8-6-20(7-9-21)15-2-4-19-5-3-15/h2-5,10-12H,6-9H2,1H3/p+1. The van der Waals surface area contributed by atoms with E-state index in [0.717, 1.165) is 11.8 Å². The molecule has 140 valence electrons. The van der Waals surface area contributed by atoms with Crippen molar-refractivity contribution in [2.45, 2.75) is 0 Å². The molecule has 1 amide bonds. The van der Waals surface area contributed by atoms with E-state index >= 15 is 0 Å². The van der Waals surface area contributed by atoms with E-state index in [0.29, 0.717) is 26.2 Å². The van der Waals surface area contributed by atoms with Crippen LogP contribution >= 0.6 is 0 Å². The number of non-ortho nitro benzene ring substituents is 1. The number of nitrogens with zero attached hydrogens (tertiary/aromatic N) is 3. The third kappa shape index (κ3) is 4.02. The number of nitro groups is 1.